The van der Waals surface area contributed by atoms with Crippen LogP contribution in [-0.2, 0) is 6.54 Å². The molecule has 0 aromatic carbocycles. The molecule has 1 N–H and O–H groups in total. The molecule has 0 saturated carbocycles. The molecule has 8 heteroatoms. The predicted molar refractivity (Wildman–Crippen MR) is 97.1 cm³/mol. The zero-order chi connectivity index (χ0) is 18.4. The molecular weight excluding hydrogens is 334 g/mol. The number of carbonyl (C=O) groups excluding carboxylic acids is 1. The standard InChI is InChI=1S/C18H25N5O3/c1-3-10-26-17-16(19-7-8-20-17)23-9-6-14(13-23)22(2)18(24)21-12-15-5-4-11-25-15/h4-5,7-8,11,14H,3,6,9-10,12-13H2,1-2H3,(H,21,24). The van der Waals surface area contributed by atoms with Gasteiger partial charge in [0.25, 0.3) is 5.88 Å². The third-order valence-electron chi connectivity index (χ3n) is 4.41. The van der Waals surface area contributed by atoms with Crippen LogP contribution in [0.25, 0.3) is 0 Å². The lowest BCUT2D eigenvalue weighted by Crippen LogP contribution is -2.44. The van der Waals surface area contributed by atoms with Crippen molar-refractivity contribution in [2.24, 2.45) is 0 Å². The van der Waals surface area contributed by atoms with Crippen molar-refractivity contribution in [1.82, 2.24) is 20.2 Å². The van der Waals surface area contributed by atoms with Crippen LogP contribution < -0.4 is 15.0 Å². The largest absolute Gasteiger partial charge is 0.475 e. The van der Waals surface area contributed by atoms with Crippen molar-refractivity contribution in [3.63, 3.8) is 0 Å². The molecule has 3 rings (SSSR count). The van der Waals surface area contributed by atoms with Crippen LogP contribution in [0.5, 0.6) is 5.88 Å². The Morgan fingerprint density at radius 3 is 3.08 bits per heavy atom. The van der Waals surface area contributed by atoms with Gasteiger partial charge < -0.3 is 24.3 Å². The number of nitrogens with zero attached hydrogens (tertiary/aromatic N) is 4. The van der Waals surface area contributed by atoms with Crippen LogP contribution in [0, 0.1) is 0 Å². The van der Waals surface area contributed by atoms with Crippen LogP contribution in [-0.4, -0.2) is 53.7 Å². The summed E-state index contributed by atoms with van der Waals surface area (Å²) < 4.78 is 10.9. The van der Waals surface area contributed by atoms with E-state index in [-0.39, 0.29) is 12.1 Å². The first-order valence-electron chi connectivity index (χ1n) is 8.90. The lowest BCUT2D eigenvalue weighted by Gasteiger charge is -2.25. The maximum atomic E-state index is 12.4. The molecule has 1 aliphatic rings. The Bertz CT molecular complexity index is 707. The van der Waals surface area contributed by atoms with Gasteiger partial charge in [0.05, 0.1) is 25.5 Å². The number of likely N-dealkylation sites (N-methyl/N-ethyl adjacent to an activating group) is 1. The minimum atomic E-state index is -0.116. The number of hydrogen-bond donors (Lipinski definition) is 1. The van der Waals surface area contributed by atoms with E-state index in [1.54, 1.807) is 29.6 Å². The molecule has 1 fully saturated rings. The van der Waals surface area contributed by atoms with Crippen molar-refractivity contribution in [2.75, 3.05) is 31.6 Å². The first-order chi connectivity index (χ1) is 12.7. The molecule has 2 aromatic rings. The van der Waals surface area contributed by atoms with E-state index in [4.69, 9.17) is 9.15 Å². The van der Waals surface area contributed by atoms with E-state index in [0.29, 0.717) is 25.6 Å². The summed E-state index contributed by atoms with van der Waals surface area (Å²) >= 11 is 0. The van der Waals surface area contributed by atoms with Crippen LogP contribution in [0.2, 0.25) is 0 Å². The van der Waals surface area contributed by atoms with E-state index in [2.05, 4.69) is 27.1 Å². The smallest absolute Gasteiger partial charge is 0.317 e. The number of carbonyl (C=O) groups is 1. The van der Waals surface area contributed by atoms with Crippen molar-refractivity contribution in [3.05, 3.63) is 36.5 Å². The summed E-state index contributed by atoms with van der Waals surface area (Å²) in [7, 11) is 1.82. The van der Waals surface area contributed by atoms with Gasteiger partial charge in [0.15, 0.2) is 5.82 Å². The molecule has 26 heavy (non-hydrogen) atoms. The van der Waals surface area contributed by atoms with Crippen molar-refractivity contribution in [1.29, 1.82) is 0 Å². The van der Waals surface area contributed by atoms with Gasteiger partial charge in [-0.25, -0.2) is 14.8 Å². The van der Waals surface area contributed by atoms with E-state index in [9.17, 15) is 4.79 Å². The number of urea groups is 1. The van der Waals surface area contributed by atoms with Gasteiger partial charge in [-0.1, -0.05) is 6.92 Å². The third-order valence-corrected chi connectivity index (χ3v) is 4.41. The van der Waals surface area contributed by atoms with E-state index in [1.807, 2.05) is 13.1 Å². The molecule has 1 atom stereocenters. The highest BCUT2D eigenvalue weighted by atomic mass is 16.5. The molecule has 1 unspecified atom stereocenters. The summed E-state index contributed by atoms with van der Waals surface area (Å²) in [5, 5.41) is 2.88. The van der Waals surface area contributed by atoms with Crippen LogP contribution in [0.15, 0.2) is 35.2 Å². The highest BCUT2D eigenvalue weighted by Gasteiger charge is 2.30. The third kappa shape index (κ3) is 4.25. The Hall–Kier alpha value is -2.77. The van der Waals surface area contributed by atoms with Gasteiger partial charge in [0, 0.05) is 32.5 Å². The summed E-state index contributed by atoms with van der Waals surface area (Å²) in [4.78, 5) is 25.0. The normalized spacial score (nSPS) is 16.5. The zero-order valence-corrected chi connectivity index (χ0v) is 15.2. The fourth-order valence-electron chi connectivity index (χ4n) is 2.95. The second-order valence-electron chi connectivity index (χ2n) is 6.27. The fraction of sp³-hybridized carbons (Fsp3) is 0.500. The SMILES string of the molecule is CCCOc1nccnc1N1CCC(N(C)C(=O)NCc2ccco2)C1. The number of ether oxygens (including phenoxy) is 1. The maximum absolute atomic E-state index is 12.4. The maximum Gasteiger partial charge on any atom is 0.317 e. The quantitative estimate of drug-likeness (QED) is 0.816. The number of nitrogens with one attached hydrogen (secondary N) is 1. The predicted octanol–water partition coefficient (Wildman–Crippen LogP) is 2.28. The molecule has 1 aliphatic heterocycles. The zero-order valence-electron chi connectivity index (χ0n) is 15.2. The van der Waals surface area contributed by atoms with Crippen LogP contribution in [0.1, 0.15) is 25.5 Å². The van der Waals surface area contributed by atoms with Gasteiger partial charge in [0.2, 0.25) is 0 Å². The second-order valence-corrected chi connectivity index (χ2v) is 6.27. The molecule has 0 aliphatic carbocycles. The lowest BCUT2D eigenvalue weighted by atomic mass is 10.2. The molecule has 140 valence electrons. The number of hydrogen-bond acceptors (Lipinski definition) is 6. The molecule has 3 heterocycles. The highest BCUT2D eigenvalue weighted by Crippen LogP contribution is 2.27. The number of amides is 2. The Balaban J connectivity index is 1.57. The average Bonchev–Trinajstić information content (AvgIpc) is 3.36. The Morgan fingerprint density at radius 2 is 2.31 bits per heavy atom. The summed E-state index contributed by atoms with van der Waals surface area (Å²) in [6, 6.07) is 3.63. The van der Waals surface area contributed by atoms with E-state index in [1.165, 1.54) is 0 Å². The monoisotopic (exact) mass is 359 g/mol. The van der Waals surface area contributed by atoms with E-state index < -0.39 is 0 Å². The number of anilines is 1. The van der Waals surface area contributed by atoms with Gasteiger partial charge in [-0.2, -0.15) is 0 Å². The Kier molecular flexibility index (Phi) is 5.93. The summed E-state index contributed by atoms with van der Waals surface area (Å²) in [6.45, 7) is 4.55. The summed E-state index contributed by atoms with van der Waals surface area (Å²) in [5.74, 6) is 2.03. The molecule has 2 aromatic heterocycles. The molecule has 0 radical (unpaired) electrons. The van der Waals surface area contributed by atoms with Crippen molar-refractivity contribution >= 4 is 11.8 Å². The van der Waals surface area contributed by atoms with Gasteiger partial charge in [-0.3, -0.25) is 0 Å². The van der Waals surface area contributed by atoms with Crippen LogP contribution in [0.4, 0.5) is 10.6 Å². The van der Waals surface area contributed by atoms with Crippen molar-refractivity contribution in [3.8, 4) is 5.88 Å². The number of rotatable bonds is 7. The molecule has 0 spiro atoms. The second kappa shape index (κ2) is 8.55. The molecule has 2 amide bonds. The van der Waals surface area contributed by atoms with Gasteiger partial charge in [-0.15, -0.1) is 0 Å². The van der Waals surface area contributed by atoms with Crippen LogP contribution in [0.3, 0.4) is 0 Å². The molecule has 0 bridgehead atoms. The van der Waals surface area contributed by atoms with Gasteiger partial charge >= 0.3 is 6.03 Å². The van der Waals surface area contributed by atoms with E-state index >= 15 is 0 Å². The van der Waals surface area contributed by atoms with Crippen LogP contribution >= 0.6 is 0 Å². The minimum Gasteiger partial charge on any atom is -0.475 e. The van der Waals surface area contributed by atoms with Crippen molar-refractivity contribution < 1.29 is 13.9 Å². The number of aromatic nitrogens is 2. The molecular formula is C18H25N5O3. The lowest BCUT2D eigenvalue weighted by molar-refractivity contribution is 0.193. The van der Waals surface area contributed by atoms with Crippen molar-refractivity contribution in [2.45, 2.75) is 32.4 Å². The molecule has 1 saturated heterocycles. The molecule has 8 nitrogen and oxygen atoms in total. The number of furan rings is 1. The topological polar surface area (TPSA) is 83.7 Å². The average molecular weight is 359 g/mol. The first kappa shape index (κ1) is 18.0. The van der Waals surface area contributed by atoms with Gasteiger partial charge in [0.1, 0.15) is 5.76 Å². The fourth-order valence-corrected chi connectivity index (χ4v) is 2.95. The summed E-state index contributed by atoms with van der Waals surface area (Å²) in [5.41, 5.74) is 0. The summed E-state index contributed by atoms with van der Waals surface area (Å²) in [6.07, 6.45) is 6.68. The first-order valence-corrected chi connectivity index (χ1v) is 8.90. The minimum absolute atomic E-state index is 0.104. The highest BCUT2D eigenvalue weighted by molar-refractivity contribution is 5.74. The van der Waals surface area contributed by atoms with E-state index in [0.717, 1.165) is 31.0 Å². The Labute approximate surface area is 153 Å². The van der Waals surface area contributed by atoms with Gasteiger partial charge in [-0.05, 0) is 25.0 Å². The Morgan fingerprint density at radius 1 is 1.46 bits per heavy atom.